The third kappa shape index (κ3) is 7.06. The van der Waals surface area contributed by atoms with Crippen LogP contribution in [0.4, 0.5) is 0 Å². The second-order valence-corrected chi connectivity index (χ2v) is 9.51. The maximum Gasteiger partial charge on any atom is 0.258 e. The molecule has 3 amide bonds. The lowest BCUT2D eigenvalue weighted by atomic mass is 10.0. The van der Waals surface area contributed by atoms with Crippen molar-refractivity contribution in [2.75, 3.05) is 40.8 Å². The van der Waals surface area contributed by atoms with Crippen molar-refractivity contribution < 1.29 is 19.1 Å². The van der Waals surface area contributed by atoms with E-state index in [2.05, 4.69) is 4.98 Å². The highest BCUT2D eigenvalue weighted by Crippen LogP contribution is 2.23. The predicted molar refractivity (Wildman–Crippen MR) is 139 cm³/mol. The molecule has 8 heteroatoms. The lowest BCUT2D eigenvalue weighted by molar-refractivity contribution is -0.134. The second kappa shape index (κ2) is 13.0. The fraction of sp³-hybridized carbons (Fsp3) is 0.500. The number of amides is 3. The number of benzene rings is 1. The van der Waals surface area contributed by atoms with Crippen LogP contribution in [-0.4, -0.2) is 84.3 Å². The van der Waals surface area contributed by atoms with E-state index in [1.807, 2.05) is 25.1 Å². The van der Waals surface area contributed by atoms with Gasteiger partial charge in [0.05, 0.1) is 17.7 Å². The molecule has 0 saturated heterocycles. The van der Waals surface area contributed by atoms with Gasteiger partial charge < -0.3 is 19.4 Å². The highest BCUT2D eigenvalue weighted by atomic mass is 16.5. The largest absolute Gasteiger partial charge is 0.493 e. The zero-order valence-electron chi connectivity index (χ0n) is 21.9. The van der Waals surface area contributed by atoms with Crippen molar-refractivity contribution >= 4 is 17.7 Å². The van der Waals surface area contributed by atoms with E-state index in [1.165, 1.54) is 0 Å². The fourth-order valence-corrected chi connectivity index (χ4v) is 4.36. The normalized spacial score (nSPS) is 17.4. The smallest absolute Gasteiger partial charge is 0.258 e. The Morgan fingerprint density at radius 3 is 2.61 bits per heavy atom. The Balaban J connectivity index is 1.67. The predicted octanol–water partition coefficient (Wildman–Crippen LogP) is 3.79. The number of aromatic nitrogens is 1. The van der Waals surface area contributed by atoms with Gasteiger partial charge in [-0.25, -0.2) is 0 Å². The monoisotopic (exact) mass is 494 g/mol. The Labute approximate surface area is 214 Å². The average molecular weight is 495 g/mol. The molecule has 0 saturated carbocycles. The minimum absolute atomic E-state index is 0.0568. The van der Waals surface area contributed by atoms with Gasteiger partial charge >= 0.3 is 0 Å². The van der Waals surface area contributed by atoms with Crippen molar-refractivity contribution in [3.05, 3.63) is 59.4 Å². The lowest BCUT2D eigenvalue weighted by Crippen LogP contribution is -2.48. The van der Waals surface area contributed by atoms with Crippen LogP contribution in [-0.2, 0) is 4.79 Å². The molecule has 3 rings (SSSR count). The minimum atomic E-state index is -0.585. The van der Waals surface area contributed by atoms with Crippen LogP contribution in [0.1, 0.15) is 64.9 Å². The molecule has 2 aromatic rings. The molecular weight excluding hydrogens is 456 g/mol. The quantitative estimate of drug-likeness (QED) is 0.571. The summed E-state index contributed by atoms with van der Waals surface area (Å²) < 4.78 is 5.91. The van der Waals surface area contributed by atoms with Crippen molar-refractivity contribution in [2.45, 2.75) is 51.5 Å². The van der Waals surface area contributed by atoms with Crippen molar-refractivity contribution in [3.63, 3.8) is 0 Å². The molecule has 0 bridgehead atoms. The summed E-state index contributed by atoms with van der Waals surface area (Å²) in [6, 6.07) is 10.2. The number of nitrogens with zero attached hydrogens (tertiary/aromatic N) is 4. The van der Waals surface area contributed by atoms with Crippen molar-refractivity contribution in [1.82, 2.24) is 19.7 Å². The van der Waals surface area contributed by atoms with Crippen LogP contribution in [0, 0.1) is 6.92 Å². The van der Waals surface area contributed by atoms with E-state index in [0.717, 1.165) is 31.4 Å². The molecule has 36 heavy (non-hydrogen) atoms. The number of fused-ring (bicyclic) bond motifs is 1. The van der Waals surface area contributed by atoms with E-state index in [0.29, 0.717) is 49.4 Å². The van der Waals surface area contributed by atoms with Crippen LogP contribution in [0.2, 0.25) is 0 Å². The molecule has 1 aliphatic rings. The first-order valence-electron chi connectivity index (χ1n) is 12.7. The van der Waals surface area contributed by atoms with Gasteiger partial charge in [0.15, 0.2) is 0 Å². The first-order chi connectivity index (χ1) is 17.3. The van der Waals surface area contributed by atoms with Gasteiger partial charge in [0.25, 0.3) is 11.8 Å². The summed E-state index contributed by atoms with van der Waals surface area (Å²) in [4.78, 5) is 48.6. The first-order valence-corrected chi connectivity index (χ1v) is 12.7. The first kappa shape index (κ1) is 27.2. The van der Waals surface area contributed by atoms with Gasteiger partial charge in [-0.05, 0) is 69.7 Å². The maximum atomic E-state index is 13.4. The number of rotatable bonds is 6. The van der Waals surface area contributed by atoms with E-state index in [-0.39, 0.29) is 17.7 Å². The topological polar surface area (TPSA) is 83.1 Å². The Morgan fingerprint density at radius 1 is 1.08 bits per heavy atom. The number of para-hydroxylation sites is 1. The standard InChI is InChI=1S/C28H38N4O4/c1-21-15-16-22(20-29-21)26(33)30(2)18-10-8-13-24-28(35)31(3)17-9-5-11-19-36-25-14-7-6-12-23(25)27(34)32(24)4/h6-7,12,14-16,20,24H,5,8-11,13,17-19H2,1-4H3/t24-/m0/s1. The molecule has 8 nitrogen and oxygen atoms in total. The summed E-state index contributed by atoms with van der Waals surface area (Å²) in [5, 5.41) is 0. The molecule has 0 radical (unpaired) electrons. The van der Waals surface area contributed by atoms with Gasteiger partial charge in [-0.3, -0.25) is 19.4 Å². The zero-order chi connectivity index (χ0) is 26.1. The number of ether oxygens (including phenoxy) is 1. The third-order valence-corrected chi connectivity index (χ3v) is 6.69. The van der Waals surface area contributed by atoms with E-state index >= 15 is 0 Å². The van der Waals surface area contributed by atoms with Crippen LogP contribution in [0.15, 0.2) is 42.6 Å². The van der Waals surface area contributed by atoms with Gasteiger partial charge in [-0.15, -0.1) is 0 Å². The molecule has 194 valence electrons. The van der Waals surface area contributed by atoms with Crippen LogP contribution in [0.3, 0.4) is 0 Å². The molecule has 0 aliphatic carbocycles. The molecule has 0 unspecified atom stereocenters. The SMILES string of the molecule is Cc1ccc(C(=O)N(C)CCCC[C@H]2C(=O)N(C)CCCCCOc3ccccc3C(=O)N2C)cn1. The molecule has 1 aliphatic heterocycles. The van der Waals surface area contributed by atoms with Crippen molar-refractivity contribution in [1.29, 1.82) is 0 Å². The summed E-state index contributed by atoms with van der Waals surface area (Å²) >= 11 is 0. The molecule has 1 aromatic heterocycles. The second-order valence-electron chi connectivity index (χ2n) is 9.51. The highest BCUT2D eigenvalue weighted by molar-refractivity contribution is 5.99. The molecule has 1 atom stereocenters. The van der Waals surface area contributed by atoms with E-state index in [1.54, 1.807) is 60.2 Å². The van der Waals surface area contributed by atoms with Gasteiger partial charge in [0.1, 0.15) is 11.8 Å². The Hall–Kier alpha value is -3.42. The number of pyridine rings is 1. The summed E-state index contributed by atoms with van der Waals surface area (Å²) in [6.45, 7) is 3.62. The van der Waals surface area contributed by atoms with Gasteiger partial charge in [0, 0.05) is 46.1 Å². The molecule has 1 aromatic carbocycles. The molecule has 0 fully saturated rings. The third-order valence-electron chi connectivity index (χ3n) is 6.69. The summed E-state index contributed by atoms with van der Waals surface area (Å²) in [7, 11) is 5.27. The van der Waals surface area contributed by atoms with Gasteiger partial charge in [-0.2, -0.15) is 0 Å². The number of hydrogen-bond donors (Lipinski definition) is 0. The lowest BCUT2D eigenvalue weighted by Gasteiger charge is -2.31. The maximum absolute atomic E-state index is 13.4. The van der Waals surface area contributed by atoms with Crippen LogP contribution < -0.4 is 4.74 Å². The van der Waals surface area contributed by atoms with E-state index in [9.17, 15) is 14.4 Å². The number of hydrogen-bond acceptors (Lipinski definition) is 5. The summed E-state index contributed by atoms with van der Waals surface area (Å²) in [5.41, 5.74) is 1.89. The highest BCUT2D eigenvalue weighted by Gasteiger charge is 2.31. The Kier molecular flexibility index (Phi) is 9.85. The fourth-order valence-electron chi connectivity index (χ4n) is 4.36. The molecule has 0 N–H and O–H groups in total. The van der Waals surface area contributed by atoms with E-state index < -0.39 is 6.04 Å². The summed E-state index contributed by atoms with van der Waals surface area (Å²) in [6.07, 6.45) is 6.24. The van der Waals surface area contributed by atoms with Crippen LogP contribution in [0.5, 0.6) is 5.75 Å². The number of unbranched alkanes of at least 4 members (excludes halogenated alkanes) is 1. The molecule has 0 spiro atoms. The number of aryl methyl sites for hydroxylation is 1. The van der Waals surface area contributed by atoms with Crippen LogP contribution in [0.25, 0.3) is 0 Å². The Morgan fingerprint density at radius 2 is 1.86 bits per heavy atom. The summed E-state index contributed by atoms with van der Waals surface area (Å²) in [5.74, 6) is 0.192. The minimum Gasteiger partial charge on any atom is -0.493 e. The number of carbonyl (C=O) groups excluding carboxylic acids is 3. The van der Waals surface area contributed by atoms with Crippen molar-refractivity contribution in [2.24, 2.45) is 0 Å². The average Bonchev–Trinajstić information content (AvgIpc) is 2.89. The molecular formula is C28H38N4O4. The van der Waals surface area contributed by atoms with E-state index in [4.69, 9.17) is 4.74 Å². The number of carbonyl (C=O) groups is 3. The zero-order valence-corrected chi connectivity index (χ0v) is 21.9. The molecule has 2 heterocycles. The van der Waals surface area contributed by atoms with Crippen molar-refractivity contribution in [3.8, 4) is 5.75 Å². The van der Waals surface area contributed by atoms with Gasteiger partial charge in [-0.1, -0.05) is 12.1 Å². The van der Waals surface area contributed by atoms with Crippen LogP contribution >= 0.6 is 0 Å². The number of likely N-dealkylation sites (N-methyl/N-ethyl adjacent to an activating group) is 2. The Bertz CT molecular complexity index is 1040. The van der Waals surface area contributed by atoms with Gasteiger partial charge in [0.2, 0.25) is 5.91 Å².